The Bertz CT molecular complexity index is 779. The molecular weight excluding hydrogens is 491 g/mol. The van der Waals surface area contributed by atoms with Crippen molar-refractivity contribution in [2.45, 2.75) is 0 Å². The third-order valence-electron chi connectivity index (χ3n) is 4.39. The first kappa shape index (κ1) is 22.2. The number of carbonyl (C=O) groups excluding carboxylic acids is 1. The molecule has 0 spiro atoms. The van der Waals surface area contributed by atoms with Crippen molar-refractivity contribution in [3.8, 4) is 0 Å². The molecule has 0 aliphatic carbocycles. The fourth-order valence-electron chi connectivity index (χ4n) is 2.88. The van der Waals surface area contributed by atoms with Crippen LogP contribution >= 0.6 is 35.6 Å². The first-order chi connectivity index (χ1) is 13.1. The van der Waals surface area contributed by atoms with E-state index in [4.69, 9.17) is 17.3 Å². The van der Waals surface area contributed by atoms with E-state index < -0.39 is 0 Å². The van der Waals surface area contributed by atoms with E-state index in [2.05, 4.69) is 25.1 Å². The molecule has 1 aromatic carbocycles. The summed E-state index contributed by atoms with van der Waals surface area (Å²) in [6.45, 7) is 4.22. The average Bonchev–Trinajstić information content (AvgIpc) is 2.72. The van der Waals surface area contributed by atoms with Gasteiger partial charge in [0.05, 0.1) is 12.1 Å². The Morgan fingerprint density at radius 2 is 1.89 bits per heavy atom. The molecule has 1 amide bonds. The SMILES string of the molecule is I.NC(=NCCNC(=O)c1cccnc1)N1CCN(c2ccc(Cl)cc2)CC1. The summed E-state index contributed by atoms with van der Waals surface area (Å²) in [6.07, 6.45) is 3.17. The number of nitrogens with one attached hydrogen (secondary N) is 1. The van der Waals surface area contributed by atoms with Crippen molar-refractivity contribution in [2.75, 3.05) is 44.2 Å². The minimum atomic E-state index is -0.159. The van der Waals surface area contributed by atoms with Crippen LogP contribution in [0.25, 0.3) is 0 Å². The zero-order chi connectivity index (χ0) is 19.1. The molecule has 0 bridgehead atoms. The summed E-state index contributed by atoms with van der Waals surface area (Å²) >= 11 is 5.94. The van der Waals surface area contributed by atoms with Crippen LogP contribution in [0.2, 0.25) is 5.02 Å². The van der Waals surface area contributed by atoms with Gasteiger partial charge in [-0.15, -0.1) is 24.0 Å². The van der Waals surface area contributed by atoms with Crippen LogP contribution in [0.1, 0.15) is 10.4 Å². The van der Waals surface area contributed by atoms with Gasteiger partial charge >= 0.3 is 0 Å². The molecule has 2 aromatic rings. The van der Waals surface area contributed by atoms with E-state index in [1.165, 1.54) is 6.20 Å². The number of anilines is 1. The molecule has 1 aromatic heterocycles. The van der Waals surface area contributed by atoms with Gasteiger partial charge in [-0.2, -0.15) is 0 Å². The van der Waals surface area contributed by atoms with Crippen molar-refractivity contribution < 1.29 is 4.79 Å². The van der Waals surface area contributed by atoms with Gasteiger partial charge in [-0.3, -0.25) is 14.8 Å². The van der Waals surface area contributed by atoms with Crippen molar-refractivity contribution >= 4 is 53.1 Å². The lowest BCUT2D eigenvalue weighted by atomic mass is 10.2. The van der Waals surface area contributed by atoms with Crippen LogP contribution in [-0.4, -0.2) is 61.0 Å². The van der Waals surface area contributed by atoms with E-state index in [1.807, 2.05) is 24.3 Å². The van der Waals surface area contributed by atoms with Gasteiger partial charge in [-0.05, 0) is 36.4 Å². The van der Waals surface area contributed by atoms with E-state index in [-0.39, 0.29) is 29.9 Å². The van der Waals surface area contributed by atoms with Crippen LogP contribution < -0.4 is 16.0 Å². The number of pyridine rings is 1. The molecule has 1 aliphatic rings. The third-order valence-corrected chi connectivity index (χ3v) is 4.64. The van der Waals surface area contributed by atoms with E-state index >= 15 is 0 Å². The summed E-state index contributed by atoms with van der Waals surface area (Å²) in [7, 11) is 0. The summed E-state index contributed by atoms with van der Waals surface area (Å²) in [5.41, 5.74) is 7.79. The predicted molar refractivity (Wildman–Crippen MR) is 124 cm³/mol. The molecule has 0 atom stereocenters. The molecule has 0 unspecified atom stereocenters. The molecule has 0 radical (unpaired) electrons. The number of rotatable bonds is 5. The maximum Gasteiger partial charge on any atom is 0.252 e. The summed E-state index contributed by atoms with van der Waals surface area (Å²) in [5.74, 6) is 0.356. The molecule has 2 heterocycles. The summed E-state index contributed by atoms with van der Waals surface area (Å²) in [4.78, 5) is 24.6. The Kier molecular flexibility index (Phi) is 8.78. The standard InChI is InChI=1S/C19H23ClN6O.HI/c20-16-3-5-17(6-4-16)25-10-12-26(13-11-25)19(21)24-9-8-23-18(27)15-2-1-7-22-14-15;/h1-7,14H,8-13H2,(H2,21,24)(H,23,27);1H. The predicted octanol–water partition coefficient (Wildman–Crippen LogP) is 2.22. The molecular formula is C19H24ClIN6O. The van der Waals surface area contributed by atoms with Crippen molar-refractivity contribution in [1.82, 2.24) is 15.2 Å². The van der Waals surface area contributed by atoms with E-state index in [1.54, 1.807) is 18.3 Å². The highest BCUT2D eigenvalue weighted by molar-refractivity contribution is 14.0. The number of carbonyl (C=O) groups is 1. The molecule has 1 saturated heterocycles. The van der Waals surface area contributed by atoms with Crippen LogP contribution in [0, 0.1) is 0 Å². The molecule has 1 fully saturated rings. The number of benzene rings is 1. The van der Waals surface area contributed by atoms with Gasteiger partial charge < -0.3 is 20.9 Å². The Hall–Kier alpha value is -2.07. The van der Waals surface area contributed by atoms with Gasteiger partial charge in [0.1, 0.15) is 0 Å². The molecule has 3 N–H and O–H groups in total. The number of piperazine rings is 1. The van der Waals surface area contributed by atoms with Gasteiger partial charge in [-0.25, -0.2) is 0 Å². The van der Waals surface area contributed by atoms with E-state index in [9.17, 15) is 4.79 Å². The van der Waals surface area contributed by atoms with Gasteiger partial charge in [0.15, 0.2) is 5.96 Å². The lowest BCUT2D eigenvalue weighted by Crippen LogP contribution is -2.51. The maximum atomic E-state index is 11.9. The van der Waals surface area contributed by atoms with E-state index in [0.29, 0.717) is 24.6 Å². The molecule has 7 nitrogen and oxygen atoms in total. The minimum absolute atomic E-state index is 0. The molecule has 0 saturated carbocycles. The highest BCUT2D eigenvalue weighted by Gasteiger charge is 2.18. The summed E-state index contributed by atoms with van der Waals surface area (Å²) in [5, 5.41) is 3.55. The van der Waals surface area contributed by atoms with Crippen LogP contribution in [0.4, 0.5) is 5.69 Å². The normalized spacial score (nSPS) is 14.4. The Morgan fingerprint density at radius 3 is 2.54 bits per heavy atom. The second-order valence-electron chi connectivity index (χ2n) is 6.19. The monoisotopic (exact) mass is 514 g/mol. The quantitative estimate of drug-likeness (QED) is 0.277. The number of aliphatic imine (C=N–C) groups is 1. The van der Waals surface area contributed by atoms with Crippen molar-refractivity contribution in [3.05, 3.63) is 59.4 Å². The highest BCUT2D eigenvalue weighted by atomic mass is 127. The van der Waals surface area contributed by atoms with Crippen molar-refractivity contribution in [3.63, 3.8) is 0 Å². The largest absolute Gasteiger partial charge is 0.370 e. The number of guanidine groups is 1. The second-order valence-corrected chi connectivity index (χ2v) is 6.62. The Balaban J connectivity index is 0.00000280. The fraction of sp³-hybridized carbons (Fsp3) is 0.316. The van der Waals surface area contributed by atoms with Gasteiger partial charge in [0, 0.05) is 55.8 Å². The lowest BCUT2D eigenvalue weighted by molar-refractivity contribution is 0.0954. The Labute approximate surface area is 187 Å². The molecule has 1 aliphatic heterocycles. The highest BCUT2D eigenvalue weighted by Crippen LogP contribution is 2.19. The third kappa shape index (κ3) is 6.23. The zero-order valence-corrected chi connectivity index (χ0v) is 18.5. The number of hydrogen-bond acceptors (Lipinski definition) is 4. The average molecular weight is 515 g/mol. The Morgan fingerprint density at radius 1 is 1.18 bits per heavy atom. The minimum Gasteiger partial charge on any atom is -0.370 e. The molecule has 150 valence electrons. The smallest absolute Gasteiger partial charge is 0.252 e. The van der Waals surface area contributed by atoms with Gasteiger partial charge in [0.2, 0.25) is 0 Å². The zero-order valence-electron chi connectivity index (χ0n) is 15.4. The lowest BCUT2D eigenvalue weighted by Gasteiger charge is -2.36. The summed E-state index contributed by atoms with van der Waals surface area (Å²) in [6, 6.07) is 11.3. The van der Waals surface area contributed by atoms with Crippen LogP contribution in [0.5, 0.6) is 0 Å². The van der Waals surface area contributed by atoms with Crippen LogP contribution in [0.3, 0.4) is 0 Å². The van der Waals surface area contributed by atoms with Crippen molar-refractivity contribution in [1.29, 1.82) is 0 Å². The second kappa shape index (κ2) is 11.1. The first-order valence-electron chi connectivity index (χ1n) is 8.87. The van der Waals surface area contributed by atoms with E-state index in [0.717, 1.165) is 36.9 Å². The first-order valence-corrected chi connectivity index (χ1v) is 9.25. The topological polar surface area (TPSA) is 86.8 Å². The number of hydrogen-bond donors (Lipinski definition) is 2. The van der Waals surface area contributed by atoms with Gasteiger partial charge in [0.25, 0.3) is 5.91 Å². The van der Waals surface area contributed by atoms with Gasteiger partial charge in [-0.1, -0.05) is 11.6 Å². The van der Waals surface area contributed by atoms with Crippen molar-refractivity contribution in [2.24, 2.45) is 10.7 Å². The number of nitrogens with two attached hydrogens (primary N) is 1. The molecule has 28 heavy (non-hydrogen) atoms. The molecule has 9 heteroatoms. The number of aromatic nitrogens is 1. The maximum absolute atomic E-state index is 11.9. The number of halogens is 2. The van der Waals surface area contributed by atoms with Crippen LogP contribution in [0.15, 0.2) is 53.8 Å². The summed E-state index contributed by atoms with van der Waals surface area (Å²) < 4.78 is 0. The number of amides is 1. The van der Waals surface area contributed by atoms with Crippen LogP contribution in [-0.2, 0) is 0 Å². The molecule has 3 rings (SSSR count). The number of nitrogens with zero attached hydrogens (tertiary/aromatic N) is 4. The fourth-order valence-corrected chi connectivity index (χ4v) is 3.01.